The number of rotatable bonds is 4. The summed E-state index contributed by atoms with van der Waals surface area (Å²) in [5.41, 5.74) is 0. The fraction of sp³-hybridized carbons (Fsp3) is 1.00. The predicted octanol–water partition coefficient (Wildman–Crippen LogP) is 0.247. The molecule has 0 aliphatic carbocycles. The van der Waals surface area contributed by atoms with Crippen molar-refractivity contribution >= 4 is 9.84 Å². The standard InChI is InChI=1S/C11H22N2O2S/c1-2-3-4-6-13-7-5-12-10-8-16(14,15)9-11(10)13/h10-12H,2-9H2,1H3. The summed E-state index contributed by atoms with van der Waals surface area (Å²) in [5, 5.41) is 3.34. The number of nitrogens with zero attached hydrogens (tertiary/aromatic N) is 1. The van der Waals surface area contributed by atoms with Crippen molar-refractivity contribution in [3.05, 3.63) is 0 Å². The highest BCUT2D eigenvalue weighted by atomic mass is 32.2. The van der Waals surface area contributed by atoms with E-state index in [0.717, 1.165) is 19.6 Å². The van der Waals surface area contributed by atoms with Crippen LogP contribution in [0.2, 0.25) is 0 Å². The molecule has 0 aromatic carbocycles. The summed E-state index contributed by atoms with van der Waals surface area (Å²) in [6.07, 6.45) is 3.66. The molecule has 2 atom stereocenters. The van der Waals surface area contributed by atoms with Crippen molar-refractivity contribution in [2.45, 2.75) is 38.3 Å². The minimum atomic E-state index is -2.80. The van der Waals surface area contributed by atoms with Gasteiger partial charge in [-0.1, -0.05) is 19.8 Å². The molecule has 2 aliphatic heterocycles. The molecule has 5 heteroatoms. The Kier molecular flexibility index (Phi) is 3.87. The van der Waals surface area contributed by atoms with Crippen LogP contribution < -0.4 is 5.32 Å². The zero-order valence-electron chi connectivity index (χ0n) is 9.98. The lowest BCUT2D eigenvalue weighted by atomic mass is 10.1. The molecule has 1 N–H and O–H groups in total. The summed E-state index contributed by atoms with van der Waals surface area (Å²) < 4.78 is 23.2. The highest BCUT2D eigenvalue weighted by Crippen LogP contribution is 2.21. The Balaban J connectivity index is 1.93. The number of hydrogen-bond donors (Lipinski definition) is 1. The zero-order chi connectivity index (χ0) is 11.6. The van der Waals surface area contributed by atoms with Gasteiger partial charge in [0.2, 0.25) is 0 Å². The molecule has 0 saturated carbocycles. The van der Waals surface area contributed by atoms with Crippen LogP contribution in [0.3, 0.4) is 0 Å². The second-order valence-electron chi connectivity index (χ2n) is 4.95. The Morgan fingerprint density at radius 1 is 1.31 bits per heavy atom. The van der Waals surface area contributed by atoms with Crippen molar-refractivity contribution in [2.75, 3.05) is 31.1 Å². The molecule has 0 radical (unpaired) electrons. The molecule has 0 aromatic heterocycles. The van der Waals surface area contributed by atoms with E-state index >= 15 is 0 Å². The summed E-state index contributed by atoms with van der Waals surface area (Å²) in [6.45, 7) is 5.19. The topological polar surface area (TPSA) is 49.4 Å². The van der Waals surface area contributed by atoms with E-state index in [4.69, 9.17) is 0 Å². The Morgan fingerprint density at radius 3 is 2.88 bits per heavy atom. The van der Waals surface area contributed by atoms with E-state index < -0.39 is 9.84 Å². The van der Waals surface area contributed by atoms with Crippen LogP contribution in [0.1, 0.15) is 26.2 Å². The molecule has 0 spiro atoms. The lowest BCUT2D eigenvalue weighted by molar-refractivity contribution is 0.146. The van der Waals surface area contributed by atoms with E-state index in [2.05, 4.69) is 17.1 Å². The van der Waals surface area contributed by atoms with E-state index in [1.54, 1.807) is 0 Å². The summed E-state index contributed by atoms with van der Waals surface area (Å²) >= 11 is 0. The van der Waals surface area contributed by atoms with Crippen LogP contribution in [0.15, 0.2) is 0 Å². The molecule has 0 aromatic rings. The number of piperazine rings is 1. The van der Waals surface area contributed by atoms with Gasteiger partial charge in [-0.25, -0.2) is 8.42 Å². The van der Waals surface area contributed by atoms with Crippen molar-refractivity contribution in [1.29, 1.82) is 0 Å². The number of hydrogen-bond acceptors (Lipinski definition) is 4. The lowest BCUT2D eigenvalue weighted by Crippen LogP contribution is -2.57. The first kappa shape index (κ1) is 12.3. The largest absolute Gasteiger partial charge is 0.310 e. The van der Waals surface area contributed by atoms with Gasteiger partial charge in [0.15, 0.2) is 9.84 Å². The third kappa shape index (κ3) is 2.76. The van der Waals surface area contributed by atoms with Crippen LogP contribution in [0.5, 0.6) is 0 Å². The second-order valence-corrected chi connectivity index (χ2v) is 7.10. The third-order valence-electron chi connectivity index (χ3n) is 3.65. The predicted molar refractivity (Wildman–Crippen MR) is 65.3 cm³/mol. The van der Waals surface area contributed by atoms with Gasteiger partial charge in [0.1, 0.15) is 0 Å². The summed E-state index contributed by atoms with van der Waals surface area (Å²) in [4.78, 5) is 2.38. The highest BCUT2D eigenvalue weighted by Gasteiger charge is 2.42. The fourth-order valence-electron chi connectivity index (χ4n) is 2.79. The smallest absolute Gasteiger partial charge is 0.153 e. The van der Waals surface area contributed by atoms with Crippen LogP contribution in [-0.2, 0) is 9.84 Å². The number of unbranched alkanes of at least 4 members (excludes halogenated alkanes) is 2. The Morgan fingerprint density at radius 2 is 2.12 bits per heavy atom. The third-order valence-corrected chi connectivity index (χ3v) is 5.36. The van der Waals surface area contributed by atoms with Gasteiger partial charge in [-0.05, 0) is 13.0 Å². The second kappa shape index (κ2) is 5.02. The van der Waals surface area contributed by atoms with Crippen LogP contribution in [0.25, 0.3) is 0 Å². The van der Waals surface area contributed by atoms with Crippen LogP contribution >= 0.6 is 0 Å². The van der Waals surface area contributed by atoms with E-state index in [-0.39, 0.29) is 12.1 Å². The molecular weight excluding hydrogens is 224 g/mol. The molecule has 2 saturated heterocycles. The average Bonchev–Trinajstić information content (AvgIpc) is 2.53. The minimum absolute atomic E-state index is 0.181. The molecule has 2 heterocycles. The van der Waals surface area contributed by atoms with Gasteiger partial charge in [0.05, 0.1) is 11.5 Å². The quantitative estimate of drug-likeness (QED) is 0.722. The van der Waals surface area contributed by atoms with Crippen molar-refractivity contribution in [3.8, 4) is 0 Å². The van der Waals surface area contributed by atoms with E-state index in [9.17, 15) is 8.42 Å². The molecule has 0 bridgehead atoms. The van der Waals surface area contributed by atoms with E-state index in [1.807, 2.05) is 0 Å². The van der Waals surface area contributed by atoms with Crippen molar-refractivity contribution in [3.63, 3.8) is 0 Å². The van der Waals surface area contributed by atoms with Gasteiger partial charge < -0.3 is 5.32 Å². The van der Waals surface area contributed by atoms with Gasteiger partial charge in [0, 0.05) is 25.2 Å². The lowest BCUT2D eigenvalue weighted by Gasteiger charge is -2.37. The van der Waals surface area contributed by atoms with Gasteiger partial charge in [-0.15, -0.1) is 0 Å². The molecule has 0 amide bonds. The highest BCUT2D eigenvalue weighted by molar-refractivity contribution is 7.91. The van der Waals surface area contributed by atoms with Gasteiger partial charge in [0.25, 0.3) is 0 Å². The summed E-state index contributed by atoms with van der Waals surface area (Å²) in [5.74, 6) is 0.693. The van der Waals surface area contributed by atoms with Crippen LogP contribution in [0, 0.1) is 0 Å². The molecule has 2 rings (SSSR count). The molecule has 16 heavy (non-hydrogen) atoms. The molecular formula is C11H22N2O2S. The first-order valence-corrected chi connectivity index (χ1v) is 8.12. The molecule has 94 valence electrons. The summed E-state index contributed by atoms with van der Waals surface area (Å²) in [7, 11) is -2.80. The average molecular weight is 246 g/mol. The fourth-order valence-corrected chi connectivity index (χ4v) is 4.77. The molecule has 2 unspecified atom stereocenters. The first-order valence-electron chi connectivity index (χ1n) is 6.30. The first-order chi connectivity index (χ1) is 7.62. The maximum absolute atomic E-state index is 11.6. The van der Waals surface area contributed by atoms with Crippen molar-refractivity contribution in [2.24, 2.45) is 0 Å². The summed E-state index contributed by atoms with van der Waals surface area (Å²) in [6, 6.07) is 0.413. The minimum Gasteiger partial charge on any atom is -0.310 e. The van der Waals surface area contributed by atoms with E-state index in [0.29, 0.717) is 11.5 Å². The normalized spacial score (nSPS) is 33.8. The SMILES string of the molecule is CCCCCN1CCNC2CS(=O)(=O)CC21. The maximum Gasteiger partial charge on any atom is 0.153 e. The zero-order valence-corrected chi connectivity index (χ0v) is 10.8. The Bertz CT molecular complexity index is 329. The number of fused-ring (bicyclic) bond motifs is 1. The van der Waals surface area contributed by atoms with E-state index in [1.165, 1.54) is 19.3 Å². The van der Waals surface area contributed by atoms with Crippen LogP contribution in [0.4, 0.5) is 0 Å². The number of sulfone groups is 1. The maximum atomic E-state index is 11.6. The monoisotopic (exact) mass is 246 g/mol. The van der Waals surface area contributed by atoms with Gasteiger partial charge >= 0.3 is 0 Å². The Labute approximate surface area is 98.3 Å². The van der Waals surface area contributed by atoms with Crippen LogP contribution in [-0.4, -0.2) is 56.5 Å². The molecule has 2 aliphatic rings. The van der Waals surface area contributed by atoms with Crippen molar-refractivity contribution in [1.82, 2.24) is 10.2 Å². The molecule has 4 nitrogen and oxygen atoms in total. The number of nitrogens with one attached hydrogen (secondary N) is 1. The molecule has 2 fully saturated rings. The Hall–Kier alpha value is -0.130. The van der Waals surface area contributed by atoms with Crippen molar-refractivity contribution < 1.29 is 8.42 Å². The van der Waals surface area contributed by atoms with Gasteiger partial charge in [-0.3, -0.25) is 4.90 Å². The van der Waals surface area contributed by atoms with Gasteiger partial charge in [-0.2, -0.15) is 0 Å².